The molecular weight excluding hydrogens is 561 g/mol. The van der Waals surface area contributed by atoms with Gasteiger partial charge in [0.15, 0.2) is 0 Å². The van der Waals surface area contributed by atoms with E-state index in [1.165, 1.54) is 57.7 Å². The zero-order valence-corrected chi connectivity index (χ0v) is 30.4. The highest BCUT2D eigenvalue weighted by Crippen LogP contribution is 2.76. The van der Waals surface area contributed by atoms with Crippen molar-refractivity contribution in [3.05, 3.63) is 118 Å². The molecule has 6 rings (SSSR count). The molecule has 45 heavy (non-hydrogen) atoms. The van der Waals surface area contributed by atoms with Gasteiger partial charge in [-0.25, -0.2) is 10.0 Å². The highest BCUT2D eigenvalue weighted by molar-refractivity contribution is 8.34. The van der Waals surface area contributed by atoms with Crippen LogP contribution < -0.4 is 0 Å². The summed E-state index contributed by atoms with van der Waals surface area (Å²) in [6.07, 6.45) is 2.39. The first-order valence-electron chi connectivity index (χ1n) is 17.5. The fourth-order valence-corrected chi connectivity index (χ4v) is 14.7. The molecule has 0 amide bonds. The van der Waals surface area contributed by atoms with E-state index in [9.17, 15) is 0 Å². The minimum Gasteiger partial charge on any atom is -0.227 e. The van der Waals surface area contributed by atoms with Gasteiger partial charge in [0, 0.05) is 10.5 Å². The lowest BCUT2D eigenvalue weighted by molar-refractivity contribution is 0.575. The second-order valence-electron chi connectivity index (χ2n) is 16.2. The molecule has 4 aromatic carbocycles. The molecule has 0 radical (unpaired) electrons. The van der Waals surface area contributed by atoms with E-state index in [1.807, 2.05) is 0 Å². The standard InChI is InChI=1S/C44H56S/c1-11-45(12-2,41-29(3)27-39-35(15-13-17-37(39)41)31-19-23-33(24-20-31)43(5,6)7)42-30(4)28-40-36(16-14-18-38(40)42)32-21-25-34(26-22-32)44(8,9)10/h13-26,29-30,41-42H,11-12,27-28H2,1-10H3. The molecule has 2 aliphatic carbocycles. The molecule has 0 heterocycles. The molecule has 0 N–H and O–H groups in total. The van der Waals surface area contributed by atoms with Crippen molar-refractivity contribution in [2.45, 2.75) is 103 Å². The van der Waals surface area contributed by atoms with Gasteiger partial charge in [-0.2, -0.15) is 0 Å². The molecule has 0 bridgehead atoms. The number of benzene rings is 4. The lowest BCUT2D eigenvalue weighted by Gasteiger charge is -2.53. The minimum absolute atomic E-state index is 0.173. The van der Waals surface area contributed by atoms with Crippen molar-refractivity contribution in [1.82, 2.24) is 0 Å². The van der Waals surface area contributed by atoms with Gasteiger partial charge in [0.1, 0.15) is 0 Å². The molecular formula is C44H56S. The van der Waals surface area contributed by atoms with Gasteiger partial charge in [0.2, 0.25) is 0 Å². The molecule has 4 aromatic rings. The molecule has 4 unspecified atom stereocenters. The Kier molecular flexibility index (Phi) is 8.43. The van der Waals surface area contributed by atoms with Crippen molar-refractivity contribution < 1.29 is 0 Å². The summed E-state index contributed by atoms with van der Waals surface area (Å²) < 4.78 is 0. The fraction of sp³-hybridized carbons (Fsp3) is 0.455. The summed E-state index contributed by atoms with van der Waals surface area (Å²) in [6.45, 7) is 24.0. The van der Waals surface area contributed by atoms with Crippen molar-refractivity contribution in [2.75, 3.05) is 11.5 Å². The molecule has 1 heteroatoms. The van der Waals surface area contributed by atoms with E-state index < -0.39 is 10.0 Å². The quantitative estimate of drug-likeness (QED) is 0.202. The van der Waals surface area contributed by atoms with Crippen LogP contribution >= 0.6 is 10.0 Å². The normalized spacial score (nSPS) is 21.9. The molecule has 4 atom stereocenters. The SMILES string of the molecule is CCS(CC)(C1c2cccc(-c3ccc(C(C)(C)C)cc3)c2CC1C)C1c2cccc(-c3ccc(C(C)(C)C)cc3)c2CC1C. The van der Waals surface area contributed by atoms with E-state index in [-0.39, 0.29) is 10.8 Å². The van der Waals surface area contributed by atoms with Crippen LogP contribution in [0.4, 0.5) is 0 Å². The van der Waals surface area contributed by atoms with Crippen LogP contribution in [0.5, 0.6) is 0 Å². The highest BCUT2D eigenvalue weighted by atomic mass is 32.3. The second-order valence-corrected chi connectivity index (χ2v) is 20.4. The topological polar surface area (TPSA) is 0 Å². The van der Waals surface area contributed by atoms with Crippen LogP contribution in [-0.4, -0.2) is 11.5 Å². The largest absolute Gasteiger partial charge is 0.227 e. The molecule has 238 valence electrons. The van der Waals surface area contributed by atoms with Gasteiger partial charge in [-0.15, -0.1) is 0 Å². The van der Waals surface area contributed by atoms with Gasteiger partial charge in [0.05, 0.1) is 0 Å². The number of fused-ring (bicyclic) bond motifs is 2. The van der Waals surface area contributed by atoms with Gasteiger partial charge in [-0.05, 0) is 103 Å². The van der Waals surface area contributed by atoms with E-state index in [2.05, 4.69) is 154 Å². The van der Waals surface area contributed by atoms with Crippen molar-refractivity contribution >= 4 is 10.0 Å². The molecule has 0 aliphatic heterocycles. The Morgan fingerprint density at radius 2 is 0.889 bits per heavy atom. The Hall–Kier alpha value is -2.77. The van der Waals surface area contributed by atoms with Crippen molar-refractivity contribution in [3.63, 3.8) is 0 Å². The average Bonchev–Trinajstić information content (AvgIpc) is 3.54. The molecule has 0 spiro atoms. The Morgan fingerprint density at radius 1 is 0.533 bits per heavy atom. The third-order valence-electron chi connectivity index (χ3n) is 11.3. The molecule has 0 fully saturated rings. The Balaban J connectivity index is 1.42. The van der Waals surface area contributed by atoms with Crippen molar-refractivity contribution in [1.29, 1.82) is 0 Å². The first-order valence-corrected chi connectivity index (χ1v) is 19.6. The highest BCUT2D eigenvalue weighted by Gasteiger charge is 2.50. The maximum atomic E-state index is 2.57. The predicted molar refractivity (Wildman–Crippen MR) is 201 cm³/mol. The first kappa shape index (κ1) is 32.2. The van der Waals surface area contributed by atoms with E-state index in [0.717, 1.165) is 0 Å². The smallest absolute Gasteiger partial charge is 0.0177 e. The number of rotatable bonds is 6. The summed E-state index contributed by atoms with van der Waals surface area (Å²) in [5.41, 5.74) is 15.4. The van der Waals surface area contributed by atoms with Gasteiger partial charge in [-0.1, -0.05) is 154 Å². The van der Waals surface area contributed by atoms with Gasteiger partial charge in [0.25, 0.3) is 0 Å². The van der Waals surface area contributed by atoms with Crippen LogP contribution in [0.1, 0.15) is 113 Å². The van der Waals surface area contributed by atoms with Crippen molar-refractivity contribution in [2.24, 2.45) is 11.8 Å². The second kappa shape index (κ2) is 11.8. The Bertz CT molecular complexity index is 1530. The molecule has 0 nitrogen and oxygen atoms in total. The predicted octanol–water partition coefficient (Wildman–Crippen LogP) is 12.6. The Morgan fingerprint density at radius 3 is 1.20 bits per heavy atom. The lowest BCUT2D eigenvalue weighted by atomic mass is 9.85. The zero-order valence-electron chi connectivity index (χ0n) is 29.6. The zero-order chi connectivity index (χ0) is 32.3. The third-order valence-corrected chi connectivity index (χ3v) is 16.9. The van der Waals surface area contributed by atoms with E-state index >= 15 is 0 Å². The maximum Gasteiger partial charge on any atom is 0.0177 e. The summed E-state index contributed by atoms with van der Waals surface area (Å²) in [7, 11) is -1.00. The number of hydrogen-bond acceptors (Lipinski definition) is 0. The van der Waals surface area contributed by atoms with Crippen LogP contribution in [0.3, 0.4) is 0 Å². The summed E-state index contributed by atoms with van der Waals surface area (Å²) >= 11 is 0. The van der Waals surface area contributed by atoms with Crippen LogP contribution in [-0.2, 0) is 23.7 Å². The maximum absolute atomic E-state index is 2.57. The molecule has 0 saturated heterocycles. The monoisotopic (exact) mass is 616 g/mol. The fourth-order valence-electron chi connectivity index (χ4n) is 9.02. The summed E-state index contributed by atoms with van der Waals surface area (Å²) in [5, 5.41) is 1.29. The Labute approximate surface area is 276 Å². The lowest BCUT2D eigenvalue weighted by Crippen LogP contribution is -2.26. The van der Waals surface area contributed by atoms with E-state index in [1.54, 1.807) is 22.3 Å². The molecule has 0 aromatic heterocycles. The number of hydrogen-bond donors (Lipinski definition) is 0. The average molecular weight is 617 g/mol. The summed E-state index contributed by atoms with van der Waals surface area (Å²) in [6, 6.07) is 33.4. The van der Waals surface area contributed by atoms with Gasteiger partial charge < -0.3 is 0 Å². The van der Waals surface area contributed by atoms with Crippen LogP contribution in [0.25, 0.3) is 22.3 Å². The minimum atomic E-state index is -1.00. The third kappa shape index (κ3) is 5.52. The van der Waals surface area contributed by atoms with Crippen LogP contribution in [0, 0.1) is 11.8 Å². The van der Waals surface area contributed by atoms with Gasteiger partial charge in [-0.3, -0.25) is 0 Å². The summed E-state index contributed by atoms with van der Waals surface area (Å²) in [5.74, 6) is 3.91. The van der Waals surface area contributed by atoms with Crippen LogP contribution in [0.15, 0.2) is 84.9 Å². The van der Waals surface area contributed by atoms with Crippen LogP contribution in [0.2, 0.25) is 0 Å². The van der Waals surface area contributed by atoms with E-state index in [0.29, 0.717) is 22.3 Å². The first-order chi connectivity index (χ1) is 21.3. The van der Waals surface area contributed by atoms with E-state index in [4.69, 9.17) is 0 Å². The van der Waals surface area contributed by atoms with Crippen molar-refractivity contribution in [3.8, 4) is 22.3 Å². The summed E-state index contributed by atoms with van der Waals surface area (Å²) in [4.78, 5) is 0. The molecule has 0 saturated carbocycles. The van der Waals surface area contributed by atoms with Gasteiger partial charge >= 0.3 is 0 Å². The molecule has 2 aliphatic rings.